The summed E-state index contributed by atoms with van der Waals surface area (Å²) in [5.41, 5.74) is 0.958. The van der Waals surface area contributed by atoms with Crippen molar-refractivity contribution in [1.29, 1.82) is 0 Å². The summed E-state index contributed by atoms with van der Waals surface area (Å²) in [5, 5.41) is 14.4. The number of piperazine rings is 1. The molecule has 2 aromatic rings. The van der Waals surface area contributed by atoms with E-state index in [2.05, 4.69) is 15.2 Å². The van der Waals surface area contributed by atoms with Gasteiger partial charge in [0.15, 0.2) is 6.23 Å². The van der Waals surface area contributed by atoms with E-state index in [0.29, 0.717) is 0 Å². The molecule has 0 aliphatic carbocycles. The summed E-state index contributed by atoms with van der Waals surface area (Å²) in [5.74, 6) is 0.761. The van der Waals surface area contributed by atoms with Gasteiger partial charge in [0.25, 0.3) is 0 Å². The number of fused-ring (bicyclic) bond motifs is 1. The highest BCUT2D eigenvalue weighted by atomic mass is 35.5. The predicted octanol–water partition coefficient (Wildman–Crippen LogP) is 2.02. The largest absolute Gasteiger partial charge is 0.472 e. The van der Waals surface area contributed by atoms with Crippen molar-refractivity contribution in [3.63, 3.8) is 0 Å². The van der Waals surface area contributed by atoms with Crippen molar-refractivity contribution in [2.45, 2.75) is 26.2 Å². The number of nitrogens with zero attached hydrogens (tertiary/aromatic N) is 2. The van der Waals surface area contributed by atoms with Gasteiger partial charge in [-0.2, -0.15) is 0 Å². The summed E-state index contributed by atoms with van der Waals surface area (Å²) in [7, 11) is 0. The molecule has 1 fully saturated rings. The number of hydrogen-bond acceptors (Lipinski definition) is 6. The van der Waals surface area contributed by atoms with E-state index < -0.39 is 6.10 Å². The van der Waals surface area contributed by atoms with Crippen LogP contribution in [0.25, 0.3) is 10.2 Å². The molecule has 3 rings (SSSR count). The van der Waals surface area contributed by atoms with Gasteiger partial charge in [-0.15, -0.1) is 23.7 Å². The first-order valence-electron chi connectivity index (χ1n) is 7.30. The van der Waals surface area contributed by atoms with E-state index in [1.807, 2.05) is 25.1 Å². The molecule has 2 N–H and O–H groups in total. The van der Waals surface area contributed by atoms with Gasteiger partial charge in [-0.05, 0) is 26.0 Å². The van der Waals surface area contributed by atoms with Crippen LogP contribution in [0.1, 0.15) is 11.9 Å². The molecular formula is C15H22ClN3O2S. The fraction of sp³-hybridized carbons (Fsp3) is 0.533. The van der Waals surface area contributed by atoms with Crippen LogP contribution in [0.5, 0.6) is 5.75 Å². The van der Waals surface area contributed by atoms with E-state index in [-0.39, 0.29) is 18.6 Å². The minimum absolute atomic E-state index is 0. The SMILES string of the molecule is Cc1nc2cc(OC(C(C)O)N3CCNCC3)ccc2s1.Cl. The number of aliphatic hydroxyl groups is 1. The Bertz CT molecular complexity index is 614. The van der Waals surface area contributed by atoms with Crippen LogP contribution in [0, 0.1) is 6.92 Å². The number of aryl methyl sites for hydroxylation is 1. The number of thiazole rings is 1. The van der Waals surface area contributed by atoms with Crippen LogP contribution in [0.15, 0.2) is 18.2 Å². The van der Waals surface area contributed by atoms with Gasteiger partial charge in [-0.1, -0.05) is 0 Å². The summed E-state index contributed by atoms with van der Waals surface area (Å²) in [6.45, 7) is 7.40. The molecule has 1 aliphatic rings. The van der Waals surface area contributed by atoms with Gasteiger partial charge >= 0.3 is 0 Å². The second-order valence-corrected chi connectivity index (χ2v) is 6.63. The summed E-state index contributed by atoms with van der Waals surface area (Å²) >= 11 is 1.68. The summed E-state index contributed by atoms with van der Waals surface area (Å²) < 4.78 is 7.21. The van der Waals surface area contributed by atoms with Crippen molar-refractivity contribution in [3.8, 4) is 5.75 Å². The minimum atomic E-state index is -0.545. The van der Waals surface area contributed by atoms with E-state index in [0.717, 1.165) is 47.2 Å². The van der Waals surface area contributed by atoms with E-state index >= 15 is 0 Å². The topological polar surface area (TPSA) is 57.6 Å². The first-order chi connectivity index (χ1) is 10.1. The lowest BCUT2D eigenvalue weighted by Crippen LogP contribution is -2.54. The molecule has 2 heterocycles. The minimum Gasteiger partial charge on any atom is -0.472 e. The fourth-order valence-corrected chi connectivity index (χ4v) is 3.46. The molecule has 2 atom stereocenters. The molecule has 2 unspecified atom stereocenters. The van der Waals surface area contributed by atoms with Crippen LogP contribution in [0.3, 0.4) is 0 Å². The molecule has 0 radical (unpaired) electrons. The van der Waals surface area contributed by atoms with Crippen LogP contribution in [0.4, 0.5) is 0 Å². The average Bonchev–Trinajstić information content (AvgIpc) is 2.84. The molecule has 0 saturated carbocycles. The maximum Gasteiger partial charge on any atom is 0.178 e. The van der Waals surface area contributed by atoms with Crippen molar-refractivity contribution in [2.75, 3.05) is 26.2 Å². The van der Waals surface area contributed by atoms with Gasteiger partial charge in [-0.3, -0.25) is 4.90 Å². The Balaban J connectivity index is 0.00000176. The van der Waals surface area contributed by atoms with E-state index in [1.54, 1.807) is 18.3 Å². The number of benzene rings is 1. The fourth-order valence-electron chi connectivity index (χ4n) is 2.65. The predicted molar refractivity (Wildman–Crippen MR) is 92.1 cm³/mol. The lowest BCUT2D eigenvalue weighted by atomic mass is 10.2. The summed E-state index contributed by atoms with van der Waals surface area (Å²) in [6.07, 6.45) is -0.861. The monoisotopic (exact) mass is 343 g/mol. The molecule has 5 nitrogen and oxygen atoms in total. The first kappa shape index (κ1) is 17.4. The van der Waals surface area contributed by atoms with Gasteiger partial charge in [-0.25, -0.2) is 4.98 Å². The van der Waals surface area contributed by atoms with Crippen molar-refractivity contribution in [1.82, 2.24) is 15.2 Å². The number of rotatable bonds is 4. The van der Waals surface area contributed by atoms with Crippen LogP contribution < -0.4 is 10.1 Å². The molecule has 0 bridgehead atoms. The lowest BCUT2D eigenvalue weighted by Gasteiger charge is -2.36. The Kier molecular flexibility index (Phi) is 6.00. The molecule has 0 amide bonds. The third-order valence-corrected chi connectivity index (χ3v) is 4.60. The van der Waals surface area contributed by atoms with E-state index in [4.69, 9.17) is 4.74 Å². The van der Waals surface area contributed by atoms with Crippen LogP contribution in [-0.4, -0.2) is 53.5 Å². The average molecular weight is 344 g/mol. The highest BCUT2D eigenvalue weighted by Crippen LogP contribution is 2.26. The second-order valence-electron chi connectivity index (χ2n) is 5.40. The van der Waals surface area contributed by atoms with Crippen LogP contribution in [-0.2, 0) is 0 Å². The van der Waals surface area contributed by atoms with Crippen molar-refractivity contribution >= 4 is 34.0 Å². The molecule has 1 aromatic heterocycles. The maximum atomic E-state index is 10.0. The number of ether oxygens (including phenoxy) is 1. The molecule has 22 heavy (non-hydrogen) atoms. The van der Waals surface area contributed by atoms with E-state index in [1.165, 1.54) is 0 Å². The zero-order valence-electron chi connectivity index (χ0n) is 12.8. The Morgan fingerprint density at radius 2 is 2.09 bits per heavy atom. The maximum absolute atomic E-state index is 10.0. The second kappa shape index (κ2) is 7.57. The highest BCUT2D eigenvalue weighted by Gasteiger charge is 2.26. The molecule has 0 spiro atoms. The molecular weight excluding hydrogens is 322 g/mol. The van der Waals surface area contributed by atoms with Gasteiger partial charge in [0.1, 0.15) is 11.9 Å². The Hall–Kier alpha value is -0.920. The molecule has 1 aliphatic heterocycles. The normalized spacial score (nSPS) is 18.7. The first-order valence-corrected chi connectivity index (χ1v) is 8.12. The quantitative estimate of drug-likeness (QED) is 0.889. The van der Waals surface area contributed by atoms with Crippen LogP contribution in [0.2, 0.25) is 0 Å². The number of halogens is 1. The third-order valence-electron chi connectivity index (χ3n) is 3.65. The Labute approximate surface area is 140 Å². The van der Waals surface area contributed by atoms with Gasteiger partial charge in [0.05, 0.1) is 15.2 Å². The number of aromatic nitrogens is 1. The molecule has 1 saturated heterocycles. The number of nitrogens with one attached hydrogen (secondary N) is 1. The lowest BCUT2D eigenvalue weighted by molar-refractivity contribution is -0.0623. The molecule has 122 valence electrons. The Morgan fingerprint density at radius 1 is 1.36 bits per heavy atom. The summed E-state index contributed by atoms with van der Waals surface area (Å²) in [6, 6.07) is 5.94. The third kappa shape index (κ3) is 3.88. The van der Waals surface area contributed by atoms with Crippen LogP contribution >= 0.6 is 23.7 Å². The van der Waals surface area contributed by atoms with E-state index in [9.17, 15) is 5.11 Å². The van der Waals surface area contributed by atoms with Crippen molar-refractivity contribution in [2.24, 2.45) is 0 Å². The standard InChI is InChI=1S/C15H21N3O2S.ClH/c1-10(19)15(18-7-5-16-6-8-18)20-12-3-4-14-13(9-12)17-11(2)21-14;/h3-4,9-10,15-16,19H,5-8H2,1-2H3;1H. The summed E-state index contributed by atoms with van der Waals surface area (Å²) in [4.78, 5) is 6.67. The molecule has 1 aromatic carbocycles. The van der Waals surface area contributed by atoms with Crippen molar-refractivity contribution in [3.05, 3.63) is 23.2 Å². The smallest absolute Gasteiger partial charge is 0.178 e. The highest BCUT2D eigenvalue weighted by molar-refractivity contribution is 7.18. The zero-order chi connectivity index (χ0) is 14.8. The van der Waals surface area contributed by atoms with Crippen molar-refractivity contribution < 1.29 is 9.84 Å². The number of hydrogen-bond donors (Lipinski definition) is 2. The Morgan fingerprint density at radius 3 is 2.77 bits per heavy atom. The van der Waals surface area contributed by atoms with Gasteiger partial charge < -0.3 is 15.2 Å². The van der Waals surface area contributed by atoms with Gasteiger partial charge in [0.2, 0.25) is 0 Å². The van der Waals surface area contributed by atoms with Gasteiger partial charge in [0, 0.05) is 32.2 Å². The molecule has 7 heteroatoms. The zero-order valence-corrected chi connectivity index (χ0v) is 14.4. The number of aliphatic hydroxyl groups excluding tert-OH is 1.